The molecule has 2 rings (SSSR count). The van der Waals surface area contributed by atoms with Gasteiger partial charge in [-0.05, 0) is 25.2 Å². The Balaban J connectivity index is 1.60. The van der Waals surface area contributed by atoms with Crippen molar-refractivity contribution in [1.82, 2.24) is 5.32 Å². The Morgan fingerprint density at radius 2 is 1.87 bits per heavy atom. The summed E-state index contributed by atoms with van der Waals surface area (Å²) in [5.74, 6) is 1.61. The second-order valence-corrected chi connectivity index (χ2v) is 4.98. The van der Waals surface area contributed by atoms with Gasteiger partial charge in [0.15, 0.2) is 5.96 Å². The summed E-state index contributed by atoms with van der Waals surface area (Å²) in [7, 11) is 0. The standard InChI is InChI=1S/C12H23N3/c13-12(15-11-6-1-2-7-11)14-9-8-10-4-3-5-10/h10-11H,1-9H2,(H3,13,14,15). The largest absolute Gasteiger partial charge is 0.370 e. The molecule has 3 nitrogen and oxygen atoms in total. The maximum Gasteiger partial charge on any atom is 0.188 e. The van der Waals surface area contributed by atoms with Crippen molar-refractivity contribution >= 4 is 5.96 Å². The van der Waals surface area contributed by atoms with E-state index in [1.54, 1.807) is 0 Å². The van der Waals surface area contributed by atoms with Crippen molar-refractivity contribution in [2.45, 2.75) is 57.4 Å². The first-order chi connectivity index (χ1) is 7.34. The van der Waals surface area contributed by atoms with Crippen LogP contribution in [-0.2, 0) is 0 Å². The predicted octanol–water partition coefficient (Wildman–Crippen LogP) is 2.02. The third-order valence-electron chi connectivity index (χ3n) is 3.75. The van der Waals surface area contributed by atoms with Gasteiger partial charge < -0.3 is 11.1 Å². The molecule has 15 heavy (non-hydrogen) atoms. The van der Waals surface area contributed by atoms with Gasteiger partial charge in [-0.1, -0.05) is 32.1 Å². The lowest BCUT2D eigenvalue weighted by Gasteiger charge is -2.24. The first-order valence-corrected chi connectivity index (χ1v) is 6.41. The fourth-order valence-electron chi connectivity index (χ4n) is 2.47. The zero-order valence-electron chi connectivity index (χ0n) is 9.54. The van der Waals surface area contributed by atoms with E-state index >= 15 is 0 Å². The van der Waals surface area contributed by atoms with E-state index in [2.05, 4.69) is 10.3 Å². The third-order valence-corrected chi connectivity index (χ3v) is 3.75. The van der Waals surface area contributed by atoms with Crippen LogP contribution in [0.2, 0.25) is 0 Å². The molecule has 3 heteroatoms. The molecule has 3 N–H and O–H groups in total. The summed E-state index contributed by atoms with van der Waals surface area (Å²) in [6.07, 6.45) is 10.7. The van der Waals surface area contributed by atoms with Crippen LogP contribution >= 0.6 is 0 Å². The molecule has 0 radical (unpaired) electrons. The fourth-order valence-corrected chi connectivity index (χ4v) is 2.47. The summed E-state index contributed by atoms with van der Waals surface area (Å²) >= 11 is 0. The molecule has 2 aliphatic carbocycles. The molecule has 2 aliphatic rings. The van der Waals surface area contributed by atoms with Gasteiger partial charge >= 0.3 is 0 Å². The molecule has 0 bridgehead atoms. The Hall–Kier alpha value is -0.730. The molecular weight excluding hydrogens is 186 g/mol. The fraction of sp³-hybridized carbons (Fsp3) is 0.917. The molecular formula is C12H23N3. The summed E-state index contributed by atoms with van der Waals surface area (Å²) < 4.78 is 0. The molecule has 0 aromatic rings. The quantitative estimate of drug-likeness (QED) is 0.550. The number of rotatable bonds is 4. The Kier molecular flexibility index (Phi) is 3.87. The number of hydrogen-bond donors (Lipinski definition) is 2. The van der Waals surface area contributed by atoms with Gasteiger partial charge in [-0.15, -0.1) is 0 Å². The van der Waals surface area contributed by atoms with Crippen molar-refractivity contribution in [2.24, 2.45) is 16.6 Å². The van der Waals surface area contributed by atoms with E-state index in [1.807, 2.05) is 0 Å². The van der Waals surface area contributed by atoms with Crippen LogP contribution in [0.1, 0.15) is 51.4 Å². The Morgan fingerprint density at radius 3 is 2.47 bits per heavy atom. The van der Waals surface area contributed by atoms with E-state index in [9.17, 15) is 0 Å². The molecule has 0 unspecified atom stereocenters. The summed E-state index contributed by atoms with van der Waals surface area (Å²) in [6, 6.07) is 0.595. The van der Waals surface area contributed by atoms with E-state index < -0.39 is 0 Å². The van der Waals surface area contributed by atoms with Crippen LogP contribution in [0.4, 0.5) is 0 Å². The number of nitrogens with one attached hydrogen (secondary N) is 1. The highest BCUT2D eigenvalue weighted by molar-refractivity contribution is 5.78. The summed E-state index contributed by atoms with van der Waals surface area (Å²) in [6.45, 7) is 0.913. The lowest BCUT2D eigenvalue weighted by atomic mass is 9.83. The van der Waals surface area contributed by atoms with Crippen LogP contribution in [0.3, 0.4) is 0 Å². The monoisotopic (exact) mass is 209 g/mol. The van der Waals surface area contributed by atoms with Gasteiger partial charge in [-0.3, -0.25) is 4.99 Å². The van der Waals surface area contributed by atoms with Crippen LogP contribution in [0.5, 0.6) is 0 Å². The summed E-state index contributed by atoms with van der Waals surface area (Å²) in [5.41, 5.74) is 5.84. The number of hydrogen-bond acceptors (Lipinski definition) is 1. The van der Waals surface area contributed by atoms with Gasteiger partial charge in [0, 0.05) is 12.6 Å². The number of guanidine groups is 1. The normalized spacial score (nSPS) is 24.1. The zero-order valence-corrected chi connectivity index (χ0v) is 9.54. The van der Waals surface area contributed by atoms with Crippen molar-refractivity contribution in [3.05, 3.63) is 0 Å². The summed E-state index contributed by atoms with van der Waals surface area (Å²) in [4.78, 5) is 4.39. The smallest absolute Gasteiger partial charge is 0.188 e. The zero-order chi connectivity index (χ0) is 10.5. The molecule has 0 aromatic carbocycles. The minimum absolute atomic E-state index is 0.595. The first-order valence-electron chi connectivity index (χ1n) is 6.41. The first kappa shape index (κ1) is 10.8. The third kappa shape index (κ3) is 3.40. The topological polar surface area (TPSA) is 50.4 Å². The Labute approximate surface area is 92.5 Å². The second kappa shape index (κ2) is 5.38. The van der Waals surface area contributed by atoms with Crippen molar-refractivity contribution in [2.75, 3.05) is 6.54 Å². The second-order valence-electron chi connectivity index (χ2n) is 4.98. The highest BCUT2D eigenvalue weighted by Crippen LogP contribution is 2.29. The molecule has 0 aromatic heterocycles. The number of nitrogens with zero attached hydrogens (tertiary/aromatic N) is 1. The van der Waals surface area contributed by atoms with Crippen molar-refractivity contribution in [3.63, 3.8) is 0 Å². The van der Waals surface area contributed by atoms with Crippen molar-refractivity contribution in [3.8, 4) is 0 Å². The van der Waals surface area contributed by atoms with Crippen LogP contribution in [-0.4, -0.2) is 18.5 Å². The van der Waals surface area contributed by atoms with E-state index in [-0.39, 0.29) is 0 Å². The lowest BCUT2D eigenvalue weighted by Crippen LogP contribution is -2.38. The molecule has 2 fully saturated rings. The highest BCUT2D eigenvalue weighted by Gasteiger charge is 2.17. The molecule has 0 amide bonds. The molecule has 2 saturated carbocycles. The van der Waals surface area contributed by atoms with Crippen LogP contribution in [0.25, 0.3) is 0 Å². The van der Waals surface area contributed by atoms with Crippen molar-refractivity contribution < 1.29 is 0 Å². The maximum atomic E-state index is 5.84. The molecule has 86 valence electrons. The average Bonchev–Trinajstić information content (AvgIpc) is 2.62. The Morgan fingerprint density at radius 1 is 1.13 bits per heavy atom. The SMILES string of the molecule is NC(=NCCC1CCC1)NC1CCCC1. The van der Waals surface area contributed by atoms with E-state index in [4.69, 9.17) is 5.73 Å². The maximum absolute atomic E-state index is 5.84. The van der Waals surface area contributed by atoms with E-state index in [0.29, 0.717) is 12.0 Å². The molecule has 0 heterocycles. The summed E-state index contributed by atoms with van der Waals surface area (Å²) in [5, 5.41) is 3.32. The highest BCUT2D eigenvalue weighted by atomic mass is 15.1. The molecule has 0 atom stereocenters. The van der Waals surface area contributed by atoms with Gasteiger partial charge in [-0.25, -0.2) is 0 Å². The molecule has 0 saturated heterocycles. The number of nitrogens with two attached hydrogens (primary N) is 1. The minimum Gasteiger partial charge on any atom is -0.370 e. The minimum atomic E-state index is 0.595. The van der Waals surface area contributed by atoms with Crippen LogP contribution in [0.15, 0.2) is 4.99 Å². The van der Waals surface area contributed by atoms with Gasteiger partial charge in [0.05, 0.1) is 0 Å². The van der Waals surface area contributed by atoms with Gasteiger partial charge in [-0.2, -0.15) is 0 Å². The predicted molar refractivity (Wildman–Crippen MR) is 63.8 cm³/mol. The Bertz CT molecular complexity index is 215. The number of aliphatic imine (C=N–C) groups is 1. The van der Waals surface area contributed by atoms with Gasteiger partial charge in [0.2, 0.25) is 0 Å². The van der Waals surface area contributed by atoms with Crippen LogP contribution < -0.4 is 11.1 Å². The van der Waals surface area contributed by atoms with Gasteiger partial charge in [0.25, 0.3) is 0 Å². The van der Waals surface area contributed by atoms with E-state index in [0.717, 1.165) is 12.5 Å². The average molecular weight is 209 g/mol. The van der Waals surface area contributed by atoms with Gasteiger partial charge in [0.1, 0.15) is 0 Å². The molecule has 0 aliphatic heterocycles. The van der Waals surface area contributed by atoms with Crippen molar-refractivity contribution in [1.29, 1.82) is 0 Å². The molecule has 0 spiro atoms. The lowest BCUT2D eigenvalue weighted by molar-refractivity contribution is 0.300. The van der Waals surface area contributed by atoms with E-state index in [1.165, 1.54) is 51.4 Å². The van der Waals surface area contributed by atoms with Crippen LogP contribution in [0, 0.1) is 5.92 Å².